The molecule has 0 bridgehead atoms. The topological polar surface area (TPSA) is 12.0 Å². The first-order valence-electron chi connectivity index (χ1n) is 5.45. The first-order chi connectivity index (χ1) is 6.16. The first kappa shape index (κ1) is 13.3. The maximum atomic E-state index is 3.46. The van der Waals surface area contributed by atoms with Gasteiger partial charge in [0, 0.05) is 0 Å². The van der Waals surface area contributed by atoms with Gasteiger partial charge in [-0.2, -0.15) is 11.8 Å². The molecule has 0 aromatic heterocycles. The monoisotopic (exact) mass is 203 g/mol. The fourth-order valence-corrected chi connectivity index (χ4v) is 2.22. The largest absolute Gasteiger partial charge is 0.316 e. The summed E-state index contributed by atoms with van der Waals surface area (Å²) in [6.45, 7) is 11.5. The minimum atomic E-state index is 0.815. The van der Waals surface area contributed by atoms with Crippen molar-refractivity contribution in [2.75, 3.05) is 24.6 Å². The molecule has 0 saturated carbocycles. The van der Waals surface area contributed by atoms with E-state index in [1.165, 1.54) is 31.0 Å². The maximum Gasteiger partial charge on any atom is -0.00153 e. The van der Waals surface area contributed by atoms with E-state index in [9.17, 15) is 0 Å². The van der Waals surface area contributed by atoms with Gasteiger partial charge in [0.2, 0.25) is 0 Å². The molecule has 1 atom stereocenters. The number of thioether (sulfide) groups is 1. The molecule has 0 aromatic rings. The normalized spacial score (nSPS) is 13.6. The lowest BCUT2D eigenvalue weighted by Crippen LogP contribution is -2.23. The lowest BCUT2D eigenvalue weighted by Gasteiger charge is -2.12. The van der Waals surface area contributed by atoms with Crippen molar-refractivity contribution in [2.45, 2.75) is 34.1 Å². The standard InChI is InChI=1S/C11H25NS/c1-5-6-12-7-11(4)9-13-8-10(2)3/h10-12H,5-9H2,1-4H3. The van der Waals surface area contributed by atoms with E-state index < -0.39 is 0 Å². The van der Waals surface area contributed by atoms with E-state index in [1.54, 1.807) is 0 Å². The Labute approximate surface area is 88.1 Å². The van der Waals surface area contributed by atoms with Gasteiger partial charge < -0.3 is 5.32 Å². The van der Waals surface area contributed by atoms with E-state index >= 15 is 0 Å². The van der Waals surface area contributed by atoms with Gasteiger partial charge in [-0.1, -0.05) is 27.7 Å². The lowest BCUT2D eigenvalue weighted by atomic mass is 10.2. The van der Waals surface area contributed by atoms with Crippen LogP contribution in [0.25, 0.3) is 0 Å². The van der Waals surface area contributed by atoms with Crippen molar-refractivity contribution in [1.29, 1.82) is 0 Å². The molecule has 0 amide bonds. The third-order valence-corrected chi connectivity index (χ3v) is 3.48. The van der Waals surface area contributed by atoms with Crippen LogP contribution in [0.5, 0.6) is 0 Å². The summed E-state index contributed by atoms with van der Waals surface area (Å²) in [4.78, 5) is 0. The van der Waals surface area contributed by atoms with Crippen molar-refractivity contribution in [3.8, 4) is 0 Å². The Hall–Kier alpha value is 0.310. The SMILES string of the molecule is CCCNCC(C)CSCC(C)C. The van der Waals surface area contributed by atoms with Crippen molar-refractivity contribution in [1.82, 2.24) is 5.32 Å². The summed E-state index contributed by atoms with van der Waals surface area (Å²) in [7, 11) is 0. The predicted octanol–water partition coefficient (Wildman–Crippen LogP) is 3.01. The molecule has 0 aromatic carbocycles. The van der Waals surface area contributed by atoms with Gasteiger partial charge in [0.05, 0.1) is 0 Å². The third-order valence-electron chi connectivity index (χ3n) is 1.77. The number of nitrogens with one attached hydrogen (secondary N) is 1. The molecule has 80 valence electrons. The highest BCUT2D eigenvalue weighted by Crippen LogP contribution is 2.11. The second kappa shape index (κ2) is 8.89. The third kappa shape index (κ3) is 10.2. The highest BCUT2D eigenvalue weighted by molar-refractivity contribution is 7.99. The Kier molecular flexibility index (Phi) is 9.10. The van der Waals surface area contributed by atoms with Crippen LogP contribution in [0.15, 0.2) is 0 Å². The molecule has 0 aliphatic rings. The summed E-state index contributed by atoms with van der Waals surface area (Å²) in [5.41, 5.74) is 0. The Morgan fingerprint density at radius 1 is 1.15 bits per heavy atom. The summed E-state index contributed by atoms with van der Waals surface area (Å²) in [6, 6.07) is 0. The average molecular weight is 203 g/mol. The zero-order valence-electron chi connectivity index (χ0n) is 9.60. The number of hydrogen-bond acceptors (Lipinski definition) is 2. The van der Waals surface area contributed by atoms with Gasteiger partial charge in [0.1, 0.15) is 0 Å². The van der Waals surface area contributed by atoms with Gasteiger partial charge in [-0.15, -0.1) is 0 Å². The quantitative estimate of drug-likeness (QED) is 0.609. The van der Waals surface area contributed by atoms with E-state index in [0.29, 0.717) is 0 Å². The molecule has 1 nitrogen and oxygen atoms in total. The first-order valence-corrected chi connectivity index (χ1v) is 6.60. The summed E-state index contributed by atoms with van der Waals surface area (Å²) in [5, 5.41) is 3.46. The van der Waals surface area contributed by atoms with Crippen molar-refractivity contribution in [3.05, 3.63) is 0 Å². The van der Waals surface area contributed by atoms with Gasteiger partial charge in [0.25, 0.3) is 0 Å². The van der Waals surface area contributed by atoms with Crippen LogP contribution in [0.4, 0.5) is 0 Å². The Morgan fingerprint density at radius 2 is 1.85 bits per heavy atom. The highest BCUT2D eigenvalue weighted by atomic mass is 32.2. The minimum Gasteiger partial charge on any atom is -0.316 e. The van der Waals surface area contributed by atoms with Crippen LogP contribution in [0, 0.1) is 11.8 Å². The van der Waals surface area contributed by atoms with E-state index in [0.717, 1.165) is 11.8 Å². The maximum absolute atomic E-state index is 3.46. The van der Waals surface area contributed by atoms with E-state index in [2.05, 4.69) is 44.8 Å². The molecule has 1 N–H and O–H groups in total. The molecule has 1 unspecified atom stereocenters. The Balaban J connectivity index is 3.15. The fourth-order valence-electron chi connectivity index (χ4n) is 1.09. The minimum absolute atomic E-state index is 0.815. The number of rotatable bonds is 8. The van der Waals surface area contributed by atoms with E-state index in [-0.39, 0.29) is 0 Å². The molecule has 0 aliphatic carbocycles. The van der Waals surface area contributed by atoms with Crippen LogP contribution >= 0.6 is 11.8 Å². The molecule has 2 heteroatoms. The van der Waals surface area contributed by atoms with Crippen LogP contribution < -0.4 is 5.32 Å². The second-order valence-electron chi connectivity index (χ2n) is 4.24. The summed E-state index contributed by atoms with van der Waals surface area (Å²) >= 11 is 2.09. The van der Waals surface area contributed by atoms with Gasteiger partial charge in [0.15, 0.2) is 0 Å². The van der Waals surface area contributed by atoms with Gasteiger partial charge in [-0.25, -0.2) is 0 Å². The molecular weight excluding hydrogens is 178 g/mol. The van der Waals surface area contributed by atoms with Crippen LogP contribution in [0.1, 0.15) is 34.1 Å². The van der Waals surface area contributed by atoms with Crippen LogP contribution in [-0.4, -0.2) is 24.6 Å². The summed E-state index contributed by atoms with van der Waals surface area (Å²) in [5.74, 6) is 4.25. The Bertz CT molecular complexity index is 104. The zero-order chi connectivity index (χ0) is 10.1. The molecule has 0 radical (unpaired) electrons. The molecule has 13 heavy (non-hydrogen) atoms. The van der Waals surface area contributed by atoms with Crippen molar-refractivity contribution >= 4 is 11.8 Å². The van der Waals surface area contributed by atoms with Gasteiger partial charge in [-0.3, -0.25) is 0 Å². The lowest BCUT2D eigenvalue weighted by molar-refractivity contribution is 0.556. The fraction of sp³-hybridized carbons (Fsp3) is 1.00. The number of hydrogen-bond donors (Lipinski definition) is 1. The molecule has 0 spiro atoms. The van der Waals surface area contributed by atoms with Crippen molar-refractivity contribution in [2.24, 2.45) is 11.8 Å². The van der Waals surface area contributed by atoms with Crippen LogP contribution in [0.2, 0.25) is 0 Å². The van der Waals surface area contributed by atoms with E-state index in [1.807, 2.05) is 0 Å². The van der Waals surface area contributed by atoms with Gasteiger partial charge in [-0.05, 0) is 42.9 Å². The summed E-state index contributed by atoms with van der Waals surface area (Å²) < 4.78 is 0. The molecule has 0 fully saturated rings. The van der Waals surface area contributed by atoms with Crippen LogP contribution in [0.3, 0.4) is 0 Å². The molecule has 0 rings (SSSR count). The molecular formula is C11H25NS. The molecule has 0 heterocycles. The smallest absolute Gasteiger partial charge is 0.00153 e. The van der Waals surface area contributed by atoms with Crippen molar-refractivity contribution < 1.29 is 0 Å². The molecule has 0 saturated heterocycles. The average Bonchev–Trinajstić information content (AvgIpc) is 2.04. The summed E-state index contributed by atoms with van der Waals surface area (Å²) in [6.07, 6.45) is 1.24. The van der Waals surface area contributed by atoms with E-state index in [4.69, 9.17) is 0 Å². The van der Waals surface area contributed by atoms with Crippen LogP contribution in [-0.2, 0) is 0 Å². The zero-order valence-corrected chi connectivity index (χ0v) is 10.4. The van der Waals surface area contributed by atoms with Gasteiger partial charge >= 0.3 is 0 Å². The second-order valence-corrected chi connectivity index (χ2v) is 5.32. The van der Waals surface area contributed by atoms with Crippen molar-refractivity contribution in [3.63, 3.8) is 0 Å². The predicted molar refractivity (Wildman–Crippen MR) is 64.5 cm³/mol. The molecule has 0 aliphatic heterocycles. The Morgan fingerprint density at radius 3 is 2.38 bits per heavy atom. The highest BCUT2D eigenvalue weighted by Gasteiger charge is 2.02.